The van der Waals surface area contributed by atoms with E-state index in [1.807, 2.05) is 0 Å². The van der Waals surface area contributed by atoms with Crippen LogP contribution in [0.5, 0.6) is 11.5 Å². The first kappa shape index (κ1) is 17.7. The smallest absolute Gasteiger partial charge is 0.174 e. The van der Waals surface area contributed by atoms with Gasteiger partial charge in [-0.05, 0) is 77.9 Å². The van der Waals surface area contributed by atoms with Gasteiger partial charge in [0.15, 0.2) is 11.5 Å². The Hall–Kier alpha value is -1.73. The molecule has 2 heterocycles. The first-order valence-corrected chi connectivity index (χ1v) is 9.92. The van der Waals surface area contributed by atoms with E-state index in [1.54, 1.807) is 14.2 Å². The van der Waals surface area contributed by atoms with Gasteiger partial charge in [0.25, 0.3) is 0 Å². The summed E-state index contributed by atoms with van der Waals surface area (Å²) in [6.07, 6.45) is 1.09. The van der Waals surface area contributed by atoms with E-state index in [9.17, 15) is 0 Å². The molecule has 0 bridgehead atoms. The number of aryl methyl sites for hydroxylation is 1. The molecule has 0 saturated heterocycles. The highest BCUT2D eigenvalue weighted by atomic mass is 127. The Morgan fingerprint density at radius 3 is 2.77 bits per heavy atom. The third-order valence-electron chi connectivity index (χ3n) is 5.12. The lowest BCUT2D eigenvalue weighted by atomic mass is 10.0. The van der Waals surface area contributed by atoms with E-state index in [4.69, 9.17) is 9.47 Å². The van der Waals surface area contributed by atoms with Gasteiger partial charge in [-0.2, -0.15) is 0 Å². The Labute approximate surface area is 167 Å². The number of fused-ring (bicyclic) bond motifs is 3. The summed E-state index contributed by atoms with van der Waals surface area (Å²) < 4.78 is 14.5. The summed E-state index contributed by atoms with van der Waals surface area (Å²) in [5, 5.41) is 4.93. The Morgan fingerprint density at radius 2 is 2.00 bits per heavy atom. The summed E-state index contributed by atoms with van der Waals surface area (Å²) in [7, 11) is 3.38. The second kappa shape index (κ2) is 7.12. The number of aromatic nitrogens is 1. The van der Waals surface area contributed by atoms with Gasteiger partial charge in [-0.15, -0.1) is 0 Å². The number of benzene rings is 2. The first-order chi connectivity index (χ1) is 12.6. The summed E-state index contributed by atoms with van der Waals surface area (Å²) in [5.41, 5.74) is 6.75. The van der Waals surface area contributed by atoms with E-state index in [2.05, 4.69) is 69.7 Å². The molecule has 1 aliphatic rings. The monoisotopic (exact) mass is 462 g/mol. The fourth-order valence-electron chi connectivity index (χ4n) is 3.92. The van der Waals surface area contributed by atoms with E-state index in [-0.39, 0.29) is 0 Å². The van der Waals surface area contributed by atoms with Crippen LogP contribution in [0.4, 0.5) is 0 Å². The van der Waals surface area contributed by atoms with Crippen LogP contribution >= 0.6 is 22.6 Å². The summed E-state index contributed by atoms with van der Waals surface area (Å²) in [5.74, 6) is 1.59. The summed E-state index contributed by atoms with van der Waals surface area (Å²) in [6.45, 7) is 4.97. The SMILES string of the molecule is COc1cc(Cn2c3c(c4cc(C)ccc42)CCNC3)cc(I)c1OC. The molecule has 0 fully saturated rings. The van der Waals surface area contributed by atoms with Crippen molar-refractivity contribution in [3.63, 3.8) is 0 Å². The molecule has 26 heavy (non-hydrogen) atoms. The molecule has 0 spiro atoms. The van der Waals surface area contributed by atoms with Crippen LogP contribution in [0.15, 0.2) is 30.3 Å². The van der Waals surface area contributed by atoms with Crippen molar-refractivity contribution in [1.82, 2.24) is 9.88 Å². The number of hydrogen-bond donors (Lipinski definition) is 1. The minimum Gasteiger partial charge on any atom is -0.493 e. The van der Waals surface area contributed by atoms with Crippen LogP contribution in [0.3, 0.4) is 0 Å². The highest BCUT2D eigenvalue weighted by molar-refractivity contribution is 14.1. The highest BCUT2D eigenvalue weighted by Crippen LogP contribution is 2.35. The molecule has 0 unspecified atom stereocenters. The minimum absolute atomic E-state index is 0.786. The number of methoxy groups -OCH3 is 2. The van der Waals surface area contributed by atoms with Gasteiger partial charge in [-0.3, -0.25) is 0 Å². The molecule has 0 atom stereocenters. The van der Waals surface area contributed by atoms with E-state index in [0.717, 1.165) is 41.1 Å². The topological polar surface area (TPSA) is 35.4 Å². The van der Waals surface area contributed by atoms with Crippen LogP contribution in [0.2, 0.25) is 0 Å². The molecule has 0 aliphatic carbocycles. The van der Waals surface area contributed by atoms with Gasteiger partial charge in [0, 0.05) is 29.7 Å². The molecule has 0 amide bonds. The summed E-state index contributed by atoms with van der Waals surface area (Å²) in [6, 6.07) is 11.1. The molecule has 0 saturated carbocycles. The molecule has 0 radical (unpaired) electrons. The lowest BCUT2D eigenvalue weighted by Crippen LogP contribution is -2.25. The zero-order chi connectivity index (χ0) is 18.3. The quantitative estimate of drug-likeness (QED) is 0.589. The van der Waals surface area contributed by atoms with E-state index < -0.39 is 0 Å². The van der Waals surface area contributed by atoms with Crippen molar-refractivity contribution in [3.05, 3.63) is 56.3 Å². The summed E-state index contributed by atoms with van der Waals surface area (Å²) >= 11 is 2.32. The lowest BCUT2D eigenvalue weighted by Gasteiger charge is -2.18. The molecule has 1 aromatic heterocycles. The minimum atomic E-state index is 0.786. The van der Waals surface area contributed by atoms with Crippen LogP contribution in [0, 0.1) is 10.5 Å². The van der Waals surface area contributed by atoms with Crippen LogP contribution in [0.1, 0.15) is 22.4 Å². The van der Waals surface area contributed by atoms with Crippen LogP contribution in [-0.2, 0) is 19.5 Å². The average Bonchev–Trinajstić information content (AvgIpc) is 2.94. The van der Waals surface area contributed by atoms with Crippen molar-refractivity contribution >= 4 is 33.5 Å². The lowest BCUT2D eigenvalue weighted by molar-refractivity contribution is 0.352. The number of halogens is 1. The number of nitrogens with zero attached hydrogens (tertiary/aromatic N) is 1. The third-order valence-corrected chi connectivity index (χ3v) is 5.92. The molecule has 3 aromatic rings. The molecule has 1 N–H and O–H groups in total. The normalized spacial score (nSPS) is 13.7. The zero-order valence-electron chi connectivity index (χ0n) is 15.4. The fraction of sp³-hybridized carbons (Fsp3) is 0.333. The van der Waals surface area contributed by atoms with Gasteiger partial charge in [0.2, 0.25) is 0 Å². The maximum Gasteiger partial charge on any atom is 0.174 e. The second-order valence-electron chi connectivity index (χ2n) is 6.77. The summed E-state index contributed by atoms with van der Waals surface area (Å²) in [4.78, 5) is 0. The molecule has 2 aromatic carbocycles. The Balaban J connectivity index is 1.84. The molecule has 4 rings (SSSR count). The van der Waals surface area contributed by atoms with Crippen molar-refractivity contribution in [2.75, 3.05) is 20.8 Å². The Kier molecular flexibility index (Phi) is 4.84. The van der Waals surface area contributed by atoms with Gasteiger partial charge in [0.1, 0.15) is 0 Å². The zero-order valence-corrected chi connectivity index (χ0v) is 17.5. The van der Waals surface area contributed by atoms with E-state index >= 15 is 0 Å². The third kappa shape index (κ3) is 2.97. The van der Waals surface area contributed by atoms with Gasteiger partial charge in [0.05, 0.1) is 17.8 Å². The maximum absolute atomic E-state index is 5.54. The predicted molar refractivity (Wildman–Crippen MR) is 113 cm³/mol. The van der Waals surface area contributed by atoms with Crippen LogP contribution in [0.25, 0.3) is 10.9 Å². The number of hydrogen-bond acceptors (Lipinski definition) is 3. The highest BCUT2D eigenvalue weighted by Gasteiger charge is 2.20. The van der Waals surface area contributed by atoms with Gasteiger partial charge < -0.3 is 19.4 Å². The van der Waals surface area contributed by atoms with E-state index in [1.165, 1.54) is 33.3 Å². The van der Waals surface area contributed by atoms with Gasteiger partial charge in [-0.25, -0.2) is 0 Å². The number of ether oxygens (including phenoxy) is 2. The van der Waals surface area contributed by atoms with Crippen molar-refractivity contribution in [3.8, 4) is 11.5 Å². The van der Waals surface area contributed by atoms with Crippen molar-refractivity contribution in [1.29, 1.82) is 0 Å². The largest absolute Gasteiger partial charge is 0.493 e. The van der Waals surface area contributed by atoms with Crippen LogP contribution < -0.4 is 14.8 Å². The molecule has 4 nitrogen and oxygen atoms in total. The van der Waals surface area contributed by atoms with Crippen molar-refractivity contribution in [2.45, 2.75) is 26.4 Å². The molecule has 5 heteroatoms. The van der Waals surface area contributed by atoms with Crippen molar-refractivity contribution < 1.29 is 9.47 Å². The Bertz CT molecular complexity index is 978. The fourth-order valence-corrected chi connectivity index (χ4v) is 4.80. The second-order valence-corrected chi connectivity index (χ2v) is 7.93. The number of rotatable bonds is 4. The van der Waals surface area contributed by atoms with Gasteiger partial charge in [-0.1, -0.05) is 11.6 Å². The van der Waals surface area contributed by atoms with Crippen molar-refractivity contribution in [2.24, 2.45) is 0 Å². The molecule has 136 valence electrons. The first-order valence-electron chi connectivity index (χ1n) is 8.84. The van der Waals surface area contributed by atoms with Gasteiger partial charge >= 0.3 is 0 Å². The molecular formula is C21H23IN2O2. The molecular weight excluding hydrogens is 439 g/mol. The maximum atomic E-state index is 5.54. The van der Waals surface area contributed by atoms with E-state index in [0.29, 0.717) is 0 Å². The predicted octanol–water partition coefficient (Wildman–Crippen LogP) is 4.27. The molecule has 1 aliphatic heterocycles. The number of nitrogens with one attached hydrogen (secondary N) is 1. The van der Waals surface area contributed by atoms with Crippen LogP contribution in [-0.4, -0.2) is 25.3 Å². The average molecular weight is 462 g/mol. The standard InChI is InChI=1S/C21H23IN2O2/c1-13-4-5-18-16(8-13)15-6-7-23-11-19(15)24(18)12-14-9-17(22)21(26-3)20(10-14)25-2/h4-5,8-10,23H,6-7,11-12H2,1-3H3. The Morgan fingerprint density at radius 1 is 1.15 bits per heavy atom.